The van der Waals surface area contributed by atoms with E-state index in [1.165, 1.54) is 6.07 Å². The first-order valence-corrected chi connectivity index (χ1v) is 5.79. The van der Waals surface area contributed by atoms with Crippen molar-refractivity contribution in [1.82, 2.24) is 4.90 Å². The molecule has 3 N–H and O–H groups in total. The van der Waals surface area contributed by atoms with Crippen molar-refractivity contribution in [3.05, 3.63) is 35.6 Å². The fourth-order valence-electron chi connectivity index (χ4n) is 2.03. The predicted molar refractivity (Wildman–Crippen MR) is 68.6 cm³/mol. The third kappa shape index (κ3) is 3.03. The second-order valence-corrected chi connectivity index (χ2v) is 4.24. The molecule has 4 heteroatoms. The Bertz CT molecular complexity index is 392. The van der Waals surface area contributed by atoms with Gasteiger partial charge in [0.2, 0.25) is 0 Å². The third-order valence-electron chi connectivity index (χ3n) is 3.20. The van der Waals surface area contributed by atoms with Gasteiger partial charge in [-0.3, -0.25) is 10.3 Å². The van der Waals surface area contributed by atoms with Gasteiger partial charge in [0.15, 0.2) is 0 Å². The van der Waals surface area contributed by atoms with E-state index in [-0.39, 0.29) is 23.7 Å². The van der Waals surface area contributed by atoms with E-state index in [0.29, 0.717) is 5.56 Å². The van der Waals surface area contributed by atoms with Gasteiger partial charge in [0.25, 0.3) is 0 Å². The number of amidine groups is 1. The number of nitrogens with one attached hydrogen (secondary N) is 1. The van der Waals surface area contributed by atoms with Crippen LogP contribution in [0.25, 0.3) is 0 Å². The fraction of sp³-hybridized carbons (Fsp3) is 0.462. The lowest BCUT2D eigenvalue weighted by atomic mass is 10.0. The maximum Gasteiger partial charge on any atom is 0.127 e. The van der Waals surface area contributed by atoms with Crippen LogP contribution >= 0.6 is 0 Å². The molecule has 3 nitrogen and oxygen atoms in total. The van der Waals surface area contributed by atoms with Crippen molar-refractivity contribution in [2.45, 2.75) is 32.4 Å². The van der Waals surface area contributed by atoms with Crippen LogP contribution in [0.15, 0.2) is 24.3 Å². The quantitative estimate of drug-likeness (QED) is 0.610. The van der Waals surface area contributed by atoms with E-state index >= 15 is 0 Å². The molecule has 0 radical (unpaired) electrons. The van der Waals surface area contributed by atoms with Crippen molar-refractivity contribution in [2.24, 2.45) is 5.73 Å². The van der Waals surface area contributed by atoms with Crippen LogP contribution in [-0.4, -0.2) is 23.8 Å². The summed E-state index contributed by atoms with van der Waals surface area (Å²) in [6, 6.07) is 6.46. The van der Waals surface area contributed by atoms with Crippen molar-refractivity contribution < 1.29 is 4.39 Å². The maximum atomic E-state index is 13.7. The Morgan fingerprint density at radius 1 is 1.47 bits per heavy atom. The van der Waals surface area contributed by atoms with Gasteiger partial charge in [-0.1, -0.05) is 25.1 Å². The maximum absolute atomic E-state index is 13.7. The fourth-order valence-corrected chi connectivity index (χ4v) is 2.03. The first kappa shape index (κ1) is 13.6. The molecule has 1 rings (SSSR count). The van der Waals surface area contributed by atoms with Crippen LogP contribution < -0.4 is 5.73 Å². The minimum Gasteiger partial charge on any atom is -0.386 e. The summed E-state index contributed by atoms with van der Waals surface area (Å²) in [5.41, 5.74) is 6.18. The molecule has 2 atom stereocenters. The second-order valence-electron chi connectivity index (χ2n) is 4.24. The number of benzene rings is 1. The molecule has 0 heterocycles. The Morgan fingerprint density at radius 3 is 2.53 bits per heavy atom. The monoisotopic (exact) mass is 237 g/mol. The van der Waals surface area contributed by atoms with Crippen LogP contribution in [0.2, 0.25) is 0 Å². The number of likely N-dealkylation sites (N-methyl/N-ethyl adjacent to an activating group) is 1. The van der Waals surface area contributed by atoms with Crippen LogP contribution in [0.1, 0.15) is 31.9 Å². The van der Waals surface area contributed by atoms with Crippen molar-refractivity contribution in [1.29, 1.82) is 5.41 Å². The molecule has 0 saturated heterocycles. The summed E-state index contributed by atoms with van der Waals surface area (Å²) in [4.78, 5) is 1.93. The molecule has 0 amide bonds. The van der Waals surface area contributed by atoms with Gasteiger partial charge < -0.3 is 5.73 Å². The van der Waals surface area contributed by atoms with E-state index in [1.807, 2.05) is 31.9 Å². The highest BCUT2D eigenvalue weighted by molar-refractivity contribution is 5.82. The minimum atomic E-state index is -0.217. The van der Waals surface area contributed by atoms with E-state index in [9.17, 15) is 4.39 Å². The summed E-state index contributed by atoms with van der Waals surface area (Å²) >= 11 is 0. The summed E-state index contributed by atoms with van der Waals surface area (Å²) in [5, 5.41) is 7.53. The van der Waals surface area contributed by atoms with Crippen LogP contribution in [0.5, 0.6) is 0 Å². The Labute approximate surface area is 102 Å². The minimum absolute atomic E-state index is 0.106. The van der Waals surface area contributed by atoms with Gasteiger partial charge in [0.1, 0.15) is 11.7 Å². The SMILES string of the molecule is CCC(C(=N)N)N(C)C(C)c1ccccc1F. The molecule has 0 saturated carbocycles. The van der Waals surface area contributed by atoms with E-state index < -0.39 is 0 Å². The highest BCUT2D eigenvalue weighted by atomic mass is 19.1. The first-order valence-electron chi connectivity index (χ1n) is 5.79. The van der Waals surface area contributed by atoms with E-state index in [0.717, 1.165) is 6.42 Å². The zero-order chi connectivity index (χ0) is 13.0. The Hall–Kier alpha value is -1.42. The van der Waals surface area contributed by atoms with Gasteiger partial charge in [-0.25, -0.2) is 4.39 Å². The molecule has 0 aliphatic heterocycles. The predicted octanol–water partition coefficient (Wildman–Crippen LogP) is 2.53. The average molecular weight is 237 g/mol. The molecular weight excluding hydrogens is 217 g/mol. The van der Waals surface area contributed by atoms with Crippen molar-refractivity contribution in [2.75, 3.05) is 7.05 Å². The Balaban J connectivity index is 2.93. The van der Waals surface area contributed by atoms with Crippen molar-refractivity contribution in [3.8, 4) is 0 Å². The van der Waals surface area contributed by atoms with Crippen molar-refractivity contribution >= 4 is 5.84 Å². The lowest BCUT2D eigenvalue weighted by molar-refractivity contribution is 0.219. The topological polar surface area (TPSA) is 53.1 Å². The number of halogens is 1. The largest absolute Gasteiger partial charge is 0.386 e. The molecule has 0 fully saturated rings. The van der Waals surface area contributed by atoms with E-state index in [4.69, 9.17) is 11.1 Å². The molecule has 0 aromatic heterocycles. The molecule has 0 bridgehead atoms. The molecule has 0 aliphatic rings. The molecule has 2 unspecified atom stereocenters. The molecule has 1 aromatic rings. The Kier molecular flexibility index (Phi) is 4.63. The highest BCUT2D eigenvalue weighted by Crippen LogP contribution is 2.24. The average Bonchev–Trinajstić information content (AvgIpc) is 2.29. The lowest BCUT2D eigenvalue weighted by Crippen LogP contribution is -2.43. The third-order valence-corrected chi connectivity index (χ3v) is 3.20. The number of hydrogen-bond donors (Lipinski definition) is 2. The standard InChI is InChI=1S/C13H20FN3/c1-4-12(13(15)16)17(3)9(2)10-7-5-6-8-11(10)14/h5-9,12H,4H2,1-3H3,(H3,15,16). The molecule has 1 aromatic carbocycles. The van der Waals surface area contributed by atoms with Crippen LogP contribution in [0.3, 0.4) is 0 Å². The van der Waals surface area contributed by atoms with Crippen LogP contribution in [0, 0.1) is 11.2 Å². The number of nitrogens with two attached hydrogens (primary N) is 1. The Morgan fingerprint density at radius 2 is 2.06 bits per heavy atom. The van der Waals surface area contributed by atoms with Crippen LogP contribution in [-0.2, 0) is 0 Å². The summed E-state index contributed by atoms with van der Waals surface area (Å²) in [7, 11) is 1.87. The number of rotatable bonds is 5. The number of nitrogens with zero attached hydrogens (tertiary/aromatic N) is 1. The van der Waals surface area contributed by atoms with Crippen molar-refractivity contribution in [3.63, 3.8) is 0 Å². The normalized spacial score (nSPS) is 14.6. The first-order chi connectivity index (χ1) is 7.99. The molecule has 0 spiro atoms. The van der Waals surface area contributed by atoms with E-state index in [2.05, 4.69) is 0 Å². The van der Waals surface area contributed by atoms with E-state index in [1.54, 1.807) is 12.1 Å². The van der Waals surface area contributed by atoms with Gasteiger partial charge >= 0.3 is 0 Å². The molecule has 94 valence electrons. The van der Waals surface area contributed by atoms with Gasteiger partial charge in [-0.15, -0.1) is 0 Å². The number of hydrogen-bond acceptors (Lipinski definition) is 2. The van der Waals surface area contributed by atoms with Gasteiger partial charge in [0.05, 0.1) is 6.04 Å². The highest BCUT2D eigenvalue weighted by Gasteiger charge is 2.23. The summed E-state index contributed by atoms with van der Waals surface area (Å²) in [6.45, 7) is 3.89. The summed E-state index contributed by atoms with van der Waals surface area (Å²) in [6.07, 6.45) is 0.741. The second kappa shape index (κ2) is 5.77. The molecular formula is C13H20FN3. The zero-order valence-corrected chi connectivity index (χ0v) is 10.6. The summed E-state index contributed by atoms with van der Waals surface area (Å²) in [5.74, 6) is -0.0940. The smallest absolute Gasteiger partial charge is 0.127 e. The molecule has 17 heavy (non-hydrogen) atoms. The van der Waals surface area contributed by atoms with Gasteiger partial charge in [0, 0.05) is 11.6 Å². The van der Waals surface area contributed by atoms with Crippen LogP contribution in [0.4, 0.5) is 4.39 Å². The van der Waals surface area contributed by atoms with Gasteiger partial charge in [-0.2, -0.15) is 0 Å². The zero-order valence-electron chi connectivity index (χ0n) is 10.6. The van der Waals surface area contributed by atoms with Gasteiger partial charge in [-0.05, 0) is 26.5 Å². The lowest BCUT2D eigenvalue weighted by Gasteiger charge is -2.32. The molecule has 0 aliphatic carbocycles. The summed E-state index contributed by atoms with van der Waals surface area (Å²) < 4.78 is 13.7.